The summed E-state index contributed by atoms with van der Waals surface area (Å²) in [5.74, 6) is 2.01. The number of aliphatic hydroxyl groups is 1. The summed E-state index contributed by atoms with van der Waals surface area (Å²) in [6.45, 7) is 5.79. The van der Waals surface area contributed by atoms with Crippen LogP contribution in [0.1, 0.15) is 25.0 Å². The number of hydrogen-bond donors (Lipinski definition) is 2. The maximum Gasteiger partial charge on any atom is 0.243 e. The van der Waals surface area contributed by atoms with Crippen LogP contribution in [-0.2, 0) is 10.0 Å². The van der Waals surface area contributed by atoms with Gasteiger partial charge < -0.3 is 15.3 Å². The number of sulfonamides is 1. The molecule has 3 aliphatic rings. The number of thiazole rings is 1. The number of benzene rings is 1. The zero-order valence-electron chi connectivity index (χ0n) is 22.8. The first-order chi connectivity index (χ1) is 19.9. The van der Waals surface area contributed by atoms with Gasteiger partial charge in [-0.3, -0.25) is 4.90 Å². The Hall–Kier alpha value is -3.23. The number of likely N-dealkylation sites (tertiary alicyclic amines) is 1. The minimum absolute atomic E-state index is 0.184. The van der Waals surface area contributed by atoms with Gasteiger partial charge in [-0.15, -0.1) is 11.3 Å². The molecule has 0 aliphatic carbocycles. The van der Waals surface area contributed by atoms with Crippen LogP contribution in [0.2, 0.25) is 0 Å². The minimum Gasteiger partial charge on any atom is -0.395 e. The molecule has 41 heavy (non-hydrogen) atoms. The summed E-state index contributed by atoms with van der Waals surface area (Å²) >= 11 is 1.49. The van der Waals surface area contributed by atoms with Crippen LogP contribution in [0.4, 0.5) is 17.6 Å². The quantitative estimate of drug-likeness (QED) is 0.315. The van der Waals surface area contributed by atoms with E-state index in [1.54, 1.807) is 28.7 Å². The second-order valence-electron chi connectivity index (χ2n) is 10.9. The molecule has 0 unspecified atom stereocenters. The molecule has 0 spiro atoms. The van der Waals surface area contributed by atoms with E-state index in [2.05, 4.69) is 20.1 Å². The van der Waals surface area contributed by atoms with Crippen LogP contribution in [-0.4, -0.2) is 94.1 Å². The van der Waals surface area contributed by atoms with Crippen molar-refractivity contribution in [3.8, 4) is 10.6 Å². The van der Waals surface area contributed by atoms with Crippen LogP contribution in [0.3, 0.4) is 0 Å². The molecule has 0 amide bonds. The van der Waals surface area contributed by atoms with Gasteiger partial charge >= 0.3 is 0 Å². The van der Waals surface area contributed by atoms with Crippen molar-refractivity contribution in [1.29, 1.82) is 0 Å². The molecule has 2 bridgehead atoms. The van der Waals surface area contributed by atoms with Gasteiger partial charge in [0, 0.05) is 74.4 Å². The molecule has 11 nitrogen and oxygen atoms in total. The van der Waals surface area contributed by atoms with Crippen molar-refractivity contribution in [1.82, 2.24) is 29.1 Å². The molecule has 4 aromatic rings. The maximum atomic E-state index is 13.1. The van der Waals surface area contributed by atoms with Gasteiger partial charge in [0.25, 0.3) is 0 Å². The average Bonchev–Trinajstić information content (AvgIpc) is 3.77. The van der Waals surface area contributed by atoms with Gasteiger partial charge in [0.05, 0.1) is 21.7 Å². The van der Waals surface area contributed by atoms with Crippen molar-refractivity contribution in [2.45, 2.75) is 43.2 Å². The van der Waals surface area contributed by atoms with Crippen molar-refractivity contribution in [2.75, 3.05) is 49.5 Å². The molecular weight excluding hydrogens is 560 g/mol. The second kappa shape index (κ2) is 10.6. The van der Waals surface area contributed by atoms with Crippen LogP contribution < -0.4 is 10.2 Å². The zero-order chi connectivity index (χ0) is 28.1. The molecule has 2 N–H and O–H groups in total. The van der Waals surface area contributed by atoms with Crippen LogP contribution >= 0.6 is 11.3 Å². The monoisotopic (exact) mass is 592 g/mol. The summed E-state index contributed by atoms with van der Waals surface area (Å²) in [5.41, 5.74) is 2.42. The number of aliphatic hydroxyl groups excluding tert-OH is 1. The Morgan fingerprint density at radius 1 is 1.05 bits per heavy atom. The Kier molecular flexibility index (Phi) is 6.86. The van der Waals surface area contributed by atoms with Crippen molar-refractivity contribution < 1.29 is 13.5 Å². The molecule has 13 heteroatoms. The molecule has 3 aliphatic heterocycles. The average molecular weight is 593 g/mol. The molecule has 2 atom stereocenters. The zero-order valence-corrected chi connectivity index (χ0v) is 24.4. The maximum absolute atomic E-state index is 13.1. The molecule has 214 valence electrons. The number of pyridine rings is 1. The number of aromatic nitrogens is 4. The Morgan fingerprint density at radius 3 is 2.68 bits per heavy atom. The van der Waals surface area contributed by atoms with E-state index in [0.29, 0.717) is 54.2 Å². The van der Waals surface area contributed by atoms with E-state index in [0.717, 1.165) is 58.8 Å². The Bertz CT molecular complexity index is 1710. The Morgan fingerprint density at radius 2 is 1.90 bits per heavy atom. The van der Waals surface area contributed by atoms with Gasteiger partial charge in [-0.25, -0.2) is 23.4 Å². The second-order valence-corrected chi connectivity index (χ2v) is 13.9. The van der Waals surface area contributed by atoms with Gasteiger partial charge in [-0.1, -0.05) is 12.1 Å². The predicted molar refractivity (Wildman–Crippen MR) is 159 cm³/mol. The van der Waals surface area contributed by atoms with Gasteiger partial charge in [0.1, 0.15) is 16.6 Å². The van der Waals surface area contributed by atoms with Crippen molar-refractivity contribution >= 4 is 49.2 Å². The molecule has 3 fully saturated rings. The predicted octanol–water partition coefficient (Wildman–Crippen LogP) is 3.24. The SMILES string of the molecule is Cc1cc(Nc2cc3nc(-c4cccc(S(=O)(=O)N5CCCC5)c4)sc3cn2)nc(N2C[C@@H]3C[C@H]2CN3CCO)n1. The molecule has 3 saturated heterocycles. The lowest BCUT2D eigenvalue weighted by atomic mass is 10.2. The van der Waals surface area contributed by atoms with Crippen molar-refractivity contribution in [3.63, 3.8) is 0 Å². The van der Waals surface area contributed by atoms with Gasteiger partial charge in [-0.2, -0.15) is 9.29 Å². The lowest BCUT2D eigenvalue weighted by Crippen LogP contribution is -2.47. The van der Waals surface area contributed by atoms with E-state index in [9.17, 15) is 13.5 Å². The third-order valence-corrected chi connectivity index (χ3v) is 11.1. The van der Waals surface area contributed by atoms with Gasteiger partial charge in [0.15, 0.2) is 0 Å². The van der Waals surface area contributed by atoms with Crippen molar-refractivity contribution in [3.05, 3.63) is 48.3 Å². The summed E-state index contributed by atoms with van der Waals surface area (Å²) in [6, 6.07) is 11.6. The van der Waals surface area contributed by atoms with E-state index in [-0.39, 0.29) is 6.61 Å². The highest BCUT2D eigenvalue weighted by Crippen LogP contribution is 2.35. The summed E-state index contributed by atoms with van der Waals surface area (Å²) in [5, 5.41) is 13.4. The first-order valence-electron chi connectivity index (χ1n) is 14.0. The number of fused-ring (bicyclic) bond motifs is 3. The highest BCUT2D eigenvalue weighted by atomic mass is 32.2. The largest absolute Gasteiger partial charge is 0.395 e. The van der Waals surface area contributed by atoms with Gasteiger partial charge in [-0.05, 0) is 38.3 Å². The van der Waals surface area contributed by atoms with E-state index in [1.807, 2.05) is 25.1 Å². The molecule has 7 rings (SSSR count). The topological polar surface area (TPSA) is 128 Å². The van der Waals surface area contributed by atoms with E-state index >= 15 is 0 Å². The summed E-state index contributed by atoms with van der Waals surface area (Å²) in [6.07, 6.45) is 4.66. The Labute approximate surface area is 242 Å². The standard InChI is InChI=1S/C28H32N8O3S2/c1-18-11-26(33-28(30-18)36-17-20-13-21(36)16-34(20)9-10-37)32-25-14-23-24(15-29-25)40-27(31-23)19-5-4-6-22(12-19)41(38,39)35-7-2-3-8-35/h4-6,11-12,14-15,20-21,37H,2-3,7-10,13,16-17H2,1H3,(H,29,30,32,33)/t20-,21-/m0/s1. The van der Waals surface area contributed by atoms with E-state index in [4.69, 9.17) is 15.0 Å². The first-order valence-corrected chi connectivity index (χ1v) is 16.2. The number of nitrogens with one attached hydrogen (secondary N) is 1. The highest BCUT2D eigenvalue weighted by Gasteiger charge is 2.44. The number of anilines is 3. The Balaban J connectivity index is 1.11. The fraction of sp³-hybridized carbons (Fsp3) is 0.429. The van der Waals surface area contributed by atoms with Crippen LogP contribution in [0.15, 0.2) is 47.5 Å². The van der Waals surface area contributed by atoms with E-state index in [1.165, 1.54) is 11.3 Å². The van der Waals surface area contributed by atoms with Crippen molar-refractivity contribution in [2.24, 2.45) is 0 Å². The first kappa shape index (κ1) is 26.7. The third-order valence-electron chi connectivity index (χ3n) is 8.16. The number of nitrogens with zero attached hydrogens (tertiary/aromatic N) is 7. The smallest absolute Gasteiger partial charge is 0.243 e. The highest BCUT2D eigenvalue weighted by molar-refractivity contribution is 7.89. The normalized spacial score (nSPS) is 21.4. The molecular formula is C28H32N8O3S2. The number of rotatable bonds is 8. The number of aryl methyl sites for hydroxylation is 1. The summed E-state index contributed by atoms with van der Waals surface area (Å²) in [4.78, 5) is 23.9. The van der Waals surface area contributed by atoms with Gasteiger partial charge in [0.2, 0.25) is 16.0 Å². The molecule has 0 radical (unpaired) electrons. The van der Waals surface area contributed by atoms with Crippen LogP contribution in [0, 0.1) is 6.92 Å². The third kappa shape index (κ3) is 5.06. The lowest BCUT2D eigenvalue weighted by molar-refractivity contribution is 0.176. The summed E-state index contributed by atoms with van der Waals surface area (Å²) in [7, 11) is -3.50. The lowest BCUT2D eigenvalue weighted by Gasteiger charge is -2.34. The number of piperazine rings is 1. The molecule has 1 aromatic carbocycles. The molecule has 0 saturated carbocycles. The number of β-amino-alcohol motifs (C(OH)–C–C–N with tert-alkyl or cyclic N) is 1. The fourth-order valence-corrected chi connectivity index (χ4v) is 8.64. The molecule has 3 aromatic heterocycles. The van der Waals surface area contributed by atoms with E-state index < -0.39 is 10.0 Å². The minimum atomic E-state index is -3.50. The molecule has 6 heterocycles. The van der Waals surface area contributed by atoms with Crippen LogP contribution in [0.25, 0.3) is 20.8 Å². The van der Waals surface area contributed by atoms with Crippen LogP contribution in [0.5, 0.6) is 0 Å². The number of hydrogen-bond acceptors (Lipinski definition) is 11. The summed E-state index contributed by atoms with van der Waals surface area (Å²) < 4.78 is 28.6. The fourth-order valence-electron chi connectivity index (χ4n) is 6.17.